The van der Waals surface area contributed by atoms with Crippen LogP contribution in [0.4, 0.5) is 0 Å². The summed E-state index contributed by atoms with van der Waals surface area (Å²) >= 11 is 0. The van der Waals surface area contributed by atoms with Crippen molar-refractivity contribution >= 4 is 0 Å². The van der Waals surface area contributed by atoms with Crippen LogP contribution < -0.4 is 4.74 Å². The topological polar surface area (TPSA) is 32.7 Å². The van der Waals surface area contributed by atoms with Crippen molar-refractivity contribution in [2.45, 2.75) is 19.4 Å². The second-order valence-corrected chi connectivity index (χ2v) is 4.03. The minimum absolute atomic E-state index is 0.271. The molecule has 0 spiro atoms. The molecule has 15 heavy (non-hydrogen) atoms. The van der Waals surface area contributed by atoms with Gasteiger partial charge in [0.05, 0.1) is 6.04 Å². The number of hydrogen-bond donors (Lipinski definition) is 1. The molecule has 1 unspecified atom stereocenters. The molecule has 2 rings (SSSR count). The Bertz CT molecular complexity index is 351. The first-order chi connectivity index (χ1) is 7.22. The van der Waals surface area contributed by atoms with Crippen LogP contribution in [0.15, 0.2) is 18.2 Å². The molecule has 0 bridgehead atoms. The first-order valence-corrected chi connectivity index (χ1v) is 5.38. The van der Waals surface area contributed by atoms with Gasteiger partial charge in [0.1, 0.15) is 18.1 Å². The first-order valence-electron chi connectivity index (χ1n) is 5.38. The van der Waals surface area contributed by atoms with Gasteiger partial charge in [-0.15, -0.1) is 0 Å². The van der Waals surface area contributed by atoms with Crippen molar-refractivity contribution in [2.24, 2.45) is 0 Å². The van der Waals surface area contributed by atoms with Crippen molar-refractivity contribution in [3.05, 3.63) is 23.8 Å². The fourth-order valence-electron chi connectivity index (χ4n) is 2.06. The monoisotopic (exact) mass is 207 g/mol. The van der Waals surface area contributed by atoms with E-state index in [1.54, 1.807) is 12.1 Å². The smallest absolute Gasteiger partial charge is 0.127 e. The Balaban J connectivity index is 2.21. The highest BCUT2D eigenvalue weighted by molar-refractivity contribution is 5.44. The highest BCUT2D eigenvalue weighted by atomic mass is 16.5. The molecule has 3 nitrogen and oxygen atoms in total. The third-order valence-electron chi connectivity index (χ3n) is 2.86. The molecule has 0 aliphatic carbocycles. The number of phenols is 1. The summed E-state index contributed by atoms with van der Waals surface area (Å²) < 4.78 is 5.56. The molecule has 0 amide bonds. The van der Waals surface area contributed by atoms with Crippen LogP contribution in [0.2, 0.25) is 0 Å². The van der Waals surface area contributed by atoms with Gasteiger partial charge >= 0.3 is 0 Å². The number of aromatic hydroxyl groups is 1. The predicted molar refractivity (Wildman–Crippen MR) is 59.3 cm³/mol. The summed E-state index contributed by atoms with van der Waals surface area (Å²) in [6.45, 7) is 3.92. The van der Waals surface area contributed by atoms with E-state index in [1.165, 1.54) is 5.56 Å². The summed E-state index contributed by atoms with van der Waals surface area (Å²) in [6.07, 6.45) is 1.14. The fraction of sp³-hybridized carbons (Fsp3) is 0.500. The molecule has 1 aromatic carbocycles. The lowest BCUT2D eigenvalue weighted by atomic mass is 10.1. The van der Waals surface area contributed by atoms with Crippen LogP contribution in [0, 0.1) is 0 Å². The maximum Gasteiger partial charge on any atom is 0.127 e. The normalized spacial score (nSPS) is 19.0. The van der Waals surface area contributed by atoms with Gasteiger partial charge in [-0.3, -0.25) is 4.90 Å². The lowest BCUT2D eigenvalue weighted by molar-refractivity contribution is 0.196. The molecule has 1 heterocycles. The quantitative estimate of drug-likeness (QED) is 0.824. The van der Waals surface area contributed by atoms with Crippen LogP contribution in [-0.4, -0.2) is 30.2 Å². The van der Waals surface area contributed by atoms with E-state index in [9.17, 15) is 5.11 Å². The lowest BCUT2D eigenvalue weighted by Crippen LogP contribution is -2.26. The molecule has 1 atom stereocenters. The Labute approximate surface area is 90.3 Å². The van der Waals surface area contributed by atoms with Gasteiger partial charge in [-0.05, 0) is 32.1 Å². The zero-order valence-electron chi connectivity index (χ0n) is 9.23. The zero-order chi connectivity index (χ0) is 10.8. The Hall–Kier alpha value is -1.22. The molecule has 1 aliphatic heterocycles. The molecule has 1 aromatic rings. The van der Waals surface area contributed by atoms with Gasteiger partial charge < -0.3 is 9.84 Å². The fourth-order valence-corrected chi connectivity index (χ4v) is 2.06. The number of nitrogens with zero attached hydrogens (tertiary/aromatic N) is 1. The average molecular weight is 207 g/mol. The summed E-state index contributed by atoms with van der Waals surface area (Å²) in [7, 11) is 2.11. The van der Waals surface area contributed by atoms with Crippen LogP contribution in [0.5, 0.6) is 11.5 Å². The maximum atomic E-state index is 9.33. The van der Waals surface area contributed by atoms with Gasteiger partial charge in [0, 0.05) is 11.6 Å². The third kappa shape index (κ3) is 1.92. The molecule has 1 aliphatic rings. The highest BCUT2D eigenvalue weighted by Crippen LogP contribution is 2.37. The minimum Gasteiger partial charge on any atom is -0.508 e. The summed E-state index contributed by atoms with van der Waals surface area (Å²) in [5.74, 6) is 1.09. The van der Waals surface area contributed by atoms with E-state index in [4.69, 9.17) is 4.74 Å². The summed E-state index contributed by atoms with van der Waals surface area (Å²) in [6, 6.07) is 5.70. The average Bonchev–Trinajstić information content (AvgIpc) is 2.60. The molecule has 0 saturated carbocycles. The van der Waals surface area contributed by atoms with Crippen molar-refractivity contribution < 1.29 is 9.84 Å². The van der Waals surface area contributed by atoms with E-state index in [0.29, 0.717) is 12.6 Å². The number of ether oxygens (including phenoxy) is 1. The molecule has 0 aromatic heterocycles. The SMILES string of the molecule is CCCN(C)C1COc2cc(O)ccc21. The third-order valence-corrected chi connectivity index (χ3v) is 2.86. The van der Waals surface area contributed by atoms with Gasteiger partial charge in [0.25, 0.3) is 0 Å². The van der Waals surface area contributed by atoms with Crippen LogP contribution in [-0.2, 0) is 0 Å². The van der Waals surface area contributed by atoms with E-state index in [-0.39, 0.29) is 5.75 Å². The lowest BCUT2D eigenvalue weighted by Gasteiger charge is -2.22. The number of likely N-dealkylation sites (N-methyl/N-ethyl adjacent to an activating group) is 1. The largest absolute Gasteiger partial charge is 0.508 e. The van der Waals surface area contributed by atoms with Crippen molar-refractivity contribution in [3.63, 3.8) is 0 Å². The second-order valence-electron chi connectivity index (χ2n) is 4.03. The van der Waals surface area contributed by atoms with Crippen LogP contribution in [0.25, 0.3) is 0 Å². The Kier molecular flexibility index (Phi) is 2.82. The van der Waals surface area contributed by atoms with Gasteiger partial charge in [-0.1, -0.05) is 6.92 Å². The van der Waals surface area contributed by atoms with Crippen LogP contribution in [0.1, 0.15) is 24.9 Å². The minimum atomic E-state index is 0.271. The van der Waals surface area contributed by atoms with E-state index in [1.807, 2.05) is 6.07 Å². The van der Waals surface area contributed by atoms with Crippen LogP contribution in [0.3, 0.4) is 0 Å². The predicted octanol–water partition coefficient (Wildman–Crippen LogP) is 2.17. The second kappa shape index (κ2) is 4.11. The van der Waals surface area contributed by atoms with Crippen molar-refractivity contribution in [1.29, 1.82) is 0 Å². The first kappa shape index (κ1) is 10.3. The Morgan fingerprint density at radius 3 is 3.07 bits per heavy atom. The summed E-state index contributed by atoms with van der Waals surface area (Å²) in [4.78, 5) is 2.29. The number of hydrogen-bond acceptors (Lipinski definition) is 3. The van der Waals surface area contributed by atoms with Gasteiger partial charge in [-0.2, -0.15) is 0 Å². The van der Waals surface area contributed by atoms with Crippen molar-refractivity contribution in [3.8, 4) is 11.5 Å². The van der Waals surface area contributed by atoms with Crippen molar-refractivity contribution in [1.82, 2.24) is 4.90 Å². The van der Waals surface area contributed by atoms with E-state index in [0.717, 1.165) is 18.7 Å². The molecular weight excluding hydrogens is 190 g/mol. The zero-order valence-corrected chi connectivity index (χ0v) is 9.23. The molecule has 0 saturated heterocycles. The van der Waals surface area contributed by atoms with Crippen LogP contribution >= 0.6 is 0 Å². The number of fused-ring (bicyclic) bond motifs is 1. The molecular formula is C12H17NO2. The van der Waals surface area contributed by atoms with Gasteiger partial charge in [0.15, 0.2) is 0 Å². The summed E-state index contributed by atoms with van der Waals surface area (Å²) in [5, 5.41) is 9.33. The van der Waals surface area contributed by atoms with Gasteiger partial charge in [0.2, 0.25) is 0 Å². The molecule has 3 heteroatoms. The molecule has 82 valence electrons. The standard InChI is InChI=1S/C12H17NO2/c1-3-6-13(2)11-8-15-12-7-9(14)4-5-10(11)12/h4-5,7,11,14H,3,6,8H2,1-2H3. The number of benzene rings is 1. The molecule has 1 N–H and O–H groups in total. The maximum absolute atomic E-state index is 9.33. The van der Waals surface area contributed by atoms with E-state index >= 15 is 0 Å². The number of phenolic OH excluding ortho intramolecular Hbond substituents is 1. The molecule has 0 fully saturated rings. The van der Waals surface area contributed by atoms with Gasteiger partial charge in [-0.25, -0.2) is 0 Å². The Morgan fingerprint density at radius 2 is 2.33 bits per heavy atom. The highest BCUT2D eigenvalue weighted by Gasteiger charge is 2.27. The van der Waals surface area contributed by atoms with Crippen molar-refractivity contribution in [2.75, 3.05) is 20.2 Å². The number of rotatable bonds is 3. The van der Waals surface area contributed by atoms with E-state index < -0.39 is 0 Å². The molecule has 0 radical (unpaired) electrons. The Morgan fingerprint density at radius 1 is 1.53 bits per heavy atom. The van der Waals surface area contributed by atoms with E-state index in [2.05, 4.69) is 18.9 Å². The summed E-state index contributed by atoms with van der Waals surface area (Å²) in [5.41, 5.74) is 1.18.